The van der Waals surface area contributed by atoms with Crippen LogP contribution >= 0.6 is 0 Å². The molecular formula is C18H22N2O4. The number of rotatable bonds is 7. The maximum absolute atomic E-state index is 12.0. The van der Waals surface area contributed by atoms with Gasteiger partial charge in [-0.2, -0.15) is 5.10 Å². The minimum atomic E-state index is -0.310. The van der Waals surface area contributed by atoms with Crippen molar-refractivity contribution in [1.29, 1.82) is 0 Å². The third-order valence-electron chi connectivity index (χ3n) is 3.31. The normalized spacial score (nSPS) is 10.8. The zero-order valence-electron chi connectivity index (χ0n) is 14.4. The number of hydrogen-bond donors (Lipinski definition) is 1. The number of amides is 1. The predicted molar refractivity (Wildman–Crippen MR) is 92.0 cm³/mol. The van der Waals surface area contributed by atoms with Gasteiger partial charge in [0.15, 0.2) is 11.5 Å². The second-order valence-electron chi connectivity index (χ2n) is 5.28. The van der Waals surface area contributed by atoms with Gasteiger partial charge in [-0.25, -0.2) is 5.43 Å². The lowest BCUT2D eigenvalue weighted by atomic mass is 10.2. The van der Waals surface area contributed by atoms with Gasteiger partial charge in [-0.3, -0.25) is 4.79 Å². The van der Waals surface area contributed by atoms with E-state index in [9.17, 15) is 4.79 Å². The molecule has 24 heavy (non-hydrogen) atoms. The molecule has 1 N–H and O–H groups in total. The molecule has 128 valence electrons. The van der Waals surface area contributed by atoms with E-state index in [1.54, 1.807) is 39.3 Å². The Hall–Kier alpha value is -2.76. The first kappa shape index (κ1) is 17.6. The van der Waals surface area contributed by atoms with E-state index in [4.69, 9.17) is 13.9 Å². The summed E-state index contributed by atoms with van der Waals surface area (Å²) in [5, 5.41) is 3.97. The molecule has 0 atom stereocenters. The molecule has 0 fully saturated rings. The molecule has 0 saturated carbocycles. The second-order valence-corrected chi connectivity index (χ2v) is 5.28. The van der Waals surface area contributed by atoms with E-state index in [1.807, 2.05) is 19.1 Å². The van der Waals surface area contributed by atoms with Crippen LogP contribution in [0.4, 0.5) is 0 Å². The summed E-state index contributed by atoms with van der Waals surface area (Å²) < 4.78 is 16.2. The average Bonchev–Trinajstić information content (AvgIpc) is 2.91. The maximum atomic E-state index is 12.0. The summed E-state index contributed by atoms with van der Waals surface area (Å²) in [6.07, 6.45) is 2.47. The van der Waals surface area contributed by atoms with E-state index < -0.39 is 0 Å². The Morgan fingerprint density at radius 3 is 2.71 bits per heavy atom. The van der Waals surface area contributed by atoms with Crippen LogP contribution in [-0.2, 0) is 0 Å². The second kappa shape index (κ2) is 8.19. The quantitative estimate of drug-likeness (QED) is 0.623. The lowest BCUT2D eigenvalue weighted by molar-refractivity contribution is 0.0953. The van der Waals surface area contributed by atoms with Crippen LogP contribution in [0.1, 0.15) is 40.8 Å². The van der Waals surface area contributed by atoms with Crippen molar-refractivity contribution in [3.8, 4) is 11.5 Å². The number of ether oxygens (including phenoxy) is 2. The van der Waals surface area contributed by atoms with E-state index >= 15 is 0 Å². The molecule has 6 nitrogen and oxygen atoms in total. The van der Waals surface area contributed by atoms with Gasteiger partial charge in [0.25, 0.3) is 5.91 Å². The smallest absolute Gasteiger partial charge is 0.274 e. The summed E-state index contributed by atoms with van der Waals surface area (Å²) in [6.45, 7) is 6.20. The van der Waals surface area contributed by atoms with Gasteiger partial charge in [0, 0.05) is 0 Å². The number of hydrazone groups is 1. The van der Waals surface area contributed by atoms with Crippen LogP contribution in [-0.4, -0.2) is 25.8 Å². The Kier molecular flexibility index (Phi) is 6.01. The Labute approximate surface area is 141 Å². The van der Waals surface area contributed by atoms with Crippen LogP contribution in [0.15, 0.2) is 33.8 Å². The van der Waals surface area contributed by atoms with Gasteiger partial charge in [0.1, 0.15) is 11.5 Å². The molecule has 0 aliphatic rings. The van der Waals surface area contributed by atoms with E-state index in [1.165, 1.54) is 0 Å². The molecule has 0 spiro atoms. The third kappa shape index (κ3) is 4.38. The first-order valence-electron chi connectivity index (χ1n) is 7.76. The van der Waals surface area contributed by atoms with Crippen LogP contribution in [0.3, 0.4) is 0 Å². The highest BCUT2D eigenvalue weighted by atomic mass is 16.5. The summed E-state index contributed by atoms with van der Waals surface area (Å²) in [6, 6.07) is 7.15. The molecule has 0 saturated heterocycles. The van der Waals surface area contributed by atoms with Crippen molar-refractivity contribution in [2.45, 2.75) is 27.2 Å². The summed E-state index contributed by atoms with van der Waals surface area (Å²) in [5.74, 6) is 2.26. The molecule has 1 amide bonds. The fraction of sp³-hybridized carbons (Fsp3) is 0.333. The Balaban J connectivity index is 2.03. The zero-order valence-corrected chi connectivity index (χ0v) is 14.4. The topological polar surface area (TPSA) is 73.1 Å². The molecule has 0 aliphatic carbocycles. The van der Waals surface area contributed by atoms with Crippen LogP contribution in [0.25, 0.3) is 0 Å². The highest BCUT2D eigenvalue weighted by molar-refractivity contribution is 5.95. The number of aryl methyl sites for hydroxylation is 2. The summed E-state index contributed by atoms with van der Waals surface area (Å²) in [4.78, 5) is 12.0. The van der Waals surface area contributed by atoms with Crippen molar-refractivity contribution < 1.29 is 18.7 Å². The van der Waals surface area contributed by atoms with Gasteiger partial charge in [-0.05, 0) is 50.1 Å². The van der Waals surface area contributed by atoms with Crippen LogP contribution in [0, 0.1) is 13.8 Å². The van der Waals surface area contributed by atoms with Crippen LogP contribution in [0.2, 0.25) is 0 Å². The predicted octanol–water partition coefficient (Wildman–Crippen LogP) is 3.46. The van der Waals surface area contributed by atoms with E-state index in [-0.39, 0.29) is 5.91 Å². The Morgan fingerprint density at radius 1 is 1.29 bits per heavy atom. The first-order valence-corrected chi connectivity index (χ1v) is 7.76. The summed E-state index contributed by atoms with van der Waals surface area (Å²) in [7, 11) is 1.58. The molecular weight excluding hydrogens is 308 g/mol. The van der Waals surface area contributed by atoms with Crippen molar-refractivity contribution >= 4 is 12.1 Å². The van der Waals surface area contributed by atoms with Crippen LogP contribution in [0.5, 0.6) is 11.5 Å². The van der Waals surface area contributed by atoms with Gasteiger partial charge in [0.2, 0.25) is 0 Å². The molecule has 2 aromatic rings. The molecule has 0 bridgehead atoms. The molecule has 0 unspecified atom stereocenters. The van der Waals surface area contributed by atoms with Gasteiger partial charge in [-0.1, -0.05) is 6.92 Å². The number of nitrogens with zero attached hydrogens (tertiary/aromatic N) is 1. The van der Waals surface area contributed by atoms with Gasteiger partial charge in [0.05, 0.1) is 25.5 Å². The monoisotopic (exact) mass is 330 g/mol. The van der Waals surface area contributed by atoms with Crippen LogP contribution < -0.4 is 14.9 Å². The highest BCUT2D eigenvalue weighted by Gasteiger charge is 2.12. The Morgan fingerprint density at radius 2 is 2.08 bits per heavy atom. The van der Waals surface area contributed by atoms with Crippen molar-refractivity contribution in [1.82, 2.24) is 5.43 Å². The van der Waals surface area contributed by atoms with Crippen molar-refractivity contribution in [2.24, 2.45) is 5.10 Å². The highest BCUT2D eigenvalue weighted by Crippen LogP contribution is 2.27. The average molecular weight is 330 g/mol. The van der Waals surface area contributed by atoms with E-state index in [2.05, 4.69) is 10.5 Å². The fourth-order valence-corrected chi connectivity index (χ4v) is 2.18. The first-order chi connectivity index (χ1) is 11.5. The van der Waals surface area contributed by atoms with Crippen molar-refractivity contribution in [3.63, 3.8) is 0 Å². The maximum Gasteiger partial charge on any atom is 0.274 e. The number of carbonyl (C=O) groups is 1. The Bertz CT molecular complexity index is 735. The summed E-state index contributed by atoms with van der Waals surface area (Å²) >= 11 is 0. The number of hydrogen-bond acceptors (Lipinski definition) is 5. The molecule has 0 aliphatic heterocycles. The molecule has 2 rings (SSSR count). The van der Waals surface area contributed by atoms with E-state index in [0.717, 1.165) is 12.0 Å². The molecule has 1 heterocycles. The summed E-state index contributed by atoms with van der Waals surface area (Å²) in [5.41, 5.74) is 3.75. The number of carbonyl (C=O) groups excluding carboxylic acids is 1. The lowest BCUT2D eigenvalue weighted by Gasteiger charge is -2.10. The molecule has 1 aromatic heterocycles. The molecule has 6 heteroatoms. The minimum absolute atomic E-state index is 0.310. The molecule has 0 radical (unpaired) electrons. The minimum Gasteiger partial charge on any atom is -0.493 e. The lowest BCUT2D eigenvalue weighted by Crippen LogP contribution is -2.17. The molecule has 1 aromatic carbocycles. The van der Waals surface area contributed by atoms with Gasteiger partial charge < -0.3 is 13.9 Å². The number of methoxy groups -OCH3 is 1. The standard InChI is InChI=1S/C18H22N2O4/c1-5-8-23-16-7-6-14(10-17(16)22-4)11-19-20-18(21)15-9-12(2)24-13(15)3/h6-7,9-11H,5,8H2,1-4H3,(H,20,21)/b19-11+. The van der Waals surface area contributed by atoms with Gasteiger partial charge >= 0.3 is 0 Å². The number of furan rings is 1. The van der Waals surface area contributed by atoms with E-state index in [0.29, 0.717) is 35.2 Å². The largest absolute Gasteiger partial charge is 0.493 e. The number of benzene rings is 1. The number of nitrogens with one attached hydrogen (secondary N) is 1. The van der Waals surface area contributed by atoms with Crippen molar-refractivity contribution in [2.75, 3.05) is 13.7 Å². The van der Waals surface area contributed by atoms with Crippen molar-refractivity contribution in [3.05, 3.63) is 46.9 Å². The van der Waals surface area contributed by atoms with Gasteiger partial charge in [-0.15, -0.1) is 0 Å². The third-order valence-corrected chi connectivity index (χ3v) is 3.31. The fourth-order valence-electron chi connectivity index (χ4n) is 2.18. The zero-order chi connectivity index (χ0) is 17.5. The SMILES string of the molecule is CCCOc1ccc(/C=N/NC(=O)c2cc(C)oc2C)cc1OC.